The Bertz CT molecular complexity index is 800. The van der Waals surface area contributed by atoms with Gasteiger partial charge in [-0.3, -0.25) is 0 Å². The lowest BCUT2D eigenvalue weighted by atomic mass is 9.97. The van der Waals surface area contributed by atoms with Gasteiger partial charge in [0.15, 0.2) is 0 Å². The summed E-state index contributed by atoms with van der Waals surface area (Å²) in [5.74, 6) is 0. The molecular weight excluding hydrogens is 364 g/mol. The zero-order valence-electron chi connectivity index (χ0n) is 20.2. The van der Waals surface area contributed by atoms with Crippen LogP contribution in [0, 0.1) is 0 Å². The van der Waals surface area contributed by atoms with Crippen LogP contribution >= 0.6 is 0 Å². The van der Waals surface area contributed by atoms with Crippen molar-refractivity contribution in [3.05, 3.63) is 83.2 Å². The summed E-state index contributed by atoms with van der Waals surface area (Å²) in [6.07, 6.45) is 4.54. The van der Waals surface area contributed by atoms with Gasteiger partial charge in [-0.2, -0.15) is 0 Å². The van der Waals surface area contributed by atoms with Crippen LogP contribution in [-0.4, -0.2) is 21.9 Å². The van der Waals surface area contributed by atoms with Crippen molar-refractivity contribution >= 4 is 11.1 Å². The maximum atomic E-state index is 2.39. The van der Waals surface area contributed by atoms with E-state index in [0.717, 1.165) is 13.1 Å². The minimum absolute atomic E-state index is 0.582. The molecule has 4 rings (SSSR count). The number of nitrogens with zero attached hydrogens (tertiary/aromatic N) is 2. The fraction of sp³-hybridized carbons (Fsp3) is 0.429. The molecule has 2 aliphatic heterocycles. The Morgan fingerprint density at radius 2 is 0.933 bits per heavy atom. The SMILES string of the molecule is CC.CC1=CN(C(C)C)Cc2ccccc21.CC1=CN(C(C)C)Cc2ccccc21. The highest BCUT2D eigenvalue weighted by Crippen LogP contribution is 2.27. The van der Waals surface area contributed by atoms with Gasteiger partial charge in [0, 0.05) is 37.6 Å². The van der Waals surface area contributed by atoms with E-state index in [0.29, 0.717) is 12.1 Å². The number of fused-ring (bicyclic) bond motifs is 2. The van der Waals surface area contributed by atoms with E-state index in [2.05, 4.69) is 112 Å². The van der Waals surface area contributed by atoms with Crippen LogP contribution in [0.25, 0.3) is 11.1 Å². The third-order valence-electron chi connectivity index (χ3n) is 5.64. The zero-order valence-corrected chi connectivity index (χ0v) is 20.2. The first-order valence-corrected chi connectivity index (χ1v) is 11.4. The van der Waals surface area contributed by atoms with E-state index in [9.17, 15) is 0 Å². The van der Waals surface area contributed by atoms with E-state index in [-0.39, 0.29) is 0 Å². The van der Waals surface area contributed by atoms with Gasteiger partial charge < -0.3 is 9.80 Å². The smallest absolute Gasteiger partial charge is 0.0433 e. The van der Waals surface area contributed by atoms with E-state index in [4.69, 9.17) is 0 Å². The summed E-state index contributed by atoms with van der Waals surface area (Å²) >= 11 is 0. The maximum absolute atomic E-state index is 2.39. The van der Waals surface area contributed by atoms with E-state index < -0.39 is 0 Å². The molecule has 2 heterocycles. The minimum Gasteiger partial charge on any atom is -0.370 e. The summed E-state index contributed by atoms with van der Waals surface area (Å²) in [4.78, 5) is 4.77. The Hall–Kier alpha value is -2.48. The third-order valence-corrected chi connectivity index (χ3v) is 5.64. The molecule has 0 bridgehead atoms. The quantitative estimate of drug-likeness (QED) is 0.509. The lowest BCUT2D eigenvalue weighted by molar-refractivity contribution is 0.300. The van der Waals surface area contributed by atoms with Gasteiger partial charge in [0.05, 0.1) is 0 Å². The van der Waals surface area contributed by atoms with E-state index in [1.807, 2.05) is 13.8 Å². The van der Waals surface area contributed by atoms with E-state index in [1.165, 1.54) is 33.4 Å². The van der Waals surface area contributed by atoms with Crippen molar-refractivity contribution in [3.8, 4) is 0 Å². The van der Waals surface area contributed by atoms with Gasteiger partial charge in [-0.25, -0.2) is 0 Å². The van der Waals surface area contributed by atoms with E-state index in [1.54, 1.807) is 0 Å². The fourth-order valence-corrected chi connectivity index (χ4v) is 3.87. The molecule has 0 aromatic heterocycles. The summed E-state index contributed by atoms with van der Waals surface area (Å²) in [6, 6.07) is 18.5. The predicted molar refractivity (Wildman–Crippen MR) is 133 cm³/mol. The number of hydrogen-bond donors (Lipinski definition) is 0. The van der Waals surface area contributed by atoms with Gasteiger partial charge in [-0.05, 0) is 74.9 Å². The van der Waals surface area contributed by atoms with Gasteiger partial charge in [-0.1, -0.05) is 62.4 Å². The second-order valence-corrected chi connectivity index (χ2v) is 8.47. The van der Waals surface area contributed by atoms with Crippen LogP contribution in [0.2, 0.25) is 0 Å². The van der Waals surface area contributed by atoms with Crippen LogP contribution in [0.15, 0.2) is 60.9 Å². The number of hydrogen-bond acceptors (Lipinski definition) is 2. The van der Waals surface area contributed by atoms with Crippen LogP contribution < -0.4 is 0 Å². The Morgan fingerprint density at radius 1 is 0.600 bits per heavy atom. The van der Waals surface area contributed by atoms with Crippen molar-refractivity contribution in [3.63, 3.8) is 0 Å². The molecule has 2 aliphatic rings. The monoisotopic (exact) mass is 404 g/mol. The van der Waals surface area contributed by atoms with Crippen LogP contribution in [0.1, 0.15) is 77.6 Å². The molecule has 2 nitrogen and oxygen atoms in total. The fourth-order valence-electron chi connectivity index (χ4n) is 3.87. The Morgan fingerprint density at radius 3 is 1.27 bits per heavy atom. The largest absolute Gasteiger partial charge is 0.370 e. The van der Waals surface area contributed by atoms with Crippen LogP contribution in [0.5, 0.6) is 0 Å². The van der Waals surface area contributed by atoms with Crippen molar-refractivity contribution in [2.75, 3.05) is 0 Å². The van der Waals surface area contributed by atoms with Gasteiger partial charge in [0.25, 0.3) is 0 Å². The van der Waals surface area contributed by atoms with Gasteiger partial charge in [0.2, 0.25) is 0 Å². The molecule has 162 valence electrons. The van der Waals surface area contributed by atoms with Crippen LogP contribution in [-0.2, 0) is 13.1 Å². The topological polar surface area (TPSA) is 6.48 Å². The normalized spacial score (nSPS) is 14.6. The number of rotatable bonds is 2. The molecule has 0 saturated heterocycles. The van der Waals surface area contributed by atoms with Crippen molar-refractivity contribution in [1.82, 2.24) is 9.80 Å². The average molecular weight is 405 g/mol. The van der Waals surface area contributed by atoms with E-state index >= 15 is 0 Å². The lowest BCUT2D eigenvalue weighted by Crippen LogP contribution is -2.27. The molecule has 0 unspecified atom stereocenters. The van der Waals surface area contributed by atoms with Crippen LogP contribution in [0.4, 0.5) is 0 Å². The number of allylic oxidation sites excluding steroid dienone is 2. The van der Waals surface area contributed by atoms with Crippen molar-refractivity contribution < 1.29 is 0 Å². The van der Waals surface area contributed by atoms with Crippen LogP contribution in [0.3, 0.4) is 0 Å². The molecule has 0 aliphatic carbocycles. The lowest BCUT2D eigenvalue weighted by Gasteiger charge is -2.31. The highest BCUT2D eigenvalue weighted by atomic mass is 15.1. The molecule has 0 saturated carbocycles. The van der Waals surface area contributed by atoms with Gasteiger partial charge >= 0.3 is 0 Å². The predicted octanol–water partition coefficient (Wildman–Crippen LogP) is 7.57. The molecule has 0 radical (unpaired) electrons. The molecular formula is C28H40N2. The molecule has 2 aromatic carbocycles. The zero-order chi connectivity index (χ0) is 22.3. The first-order chi connectivity index (χ1) is 14.4. The average Bonchev–Trinajstić information content (AvgIpc) is 2.75. The van der Waals surface area contributed by atoms with Crippen molar-refractivity contribution in [2.24, 2.45) is 0 Å². The second-order valence-electron chi connectivity index (χ2n) is 8.47. The molecule has 2 heteroatoms. The Balaban J connectivity index is 0.000000197. The highest BCUT2D eigenvalue weighted by Gasteiger charge is 2.16. The summed E-state index contributed by atoms with van der Waals surface area (Å²) in [7, 11) is 0. The first-order valence-electron chi connectivity index (χ1n) is 11.4. The minimum atomic E-state index is 0.582. The third kappa shape index (κ3) is 5.78. The number of benzene rings is 2. The molecule has 2 aromatic rings. The first kappa shape index (κ1) is 23.8. The molecule has 0 atom stereocenters. The summed E-state index contributed by atoms with van der Waals surface area (Å²) in [6.45, 7) is 19.4. The Kier molecular flexibility index (Phi) is 8.77. The standard InChI is InChI=1S/2C13H17N.C2H6/c2*1-10(2)14-8-11(3)13-7-5-4-6-12(13)9-14;1-2/h2*4-8,10H,9H2,1-3H3;1-2H3. The molecule has 0 spiro atoms. The summed E-state index contributed by atoms with van der Waals surface area (Å²) in [5, 5.41) is 0. The molecule has 0 N–H and O–H groups in total. The molecule has 0 amide bonds. The summed E-state index contributed by atoms with van der Waals surface area (Å²) < 4.78 is 0. The Labute approximate surface area is 184 Å². The van der Waals surface area contributed by atoms with Crippen molar-refractivity contribution in [2.45, 2.75) is 80.6 Å². The second kappa shape index (κ2) is 11.1. The maximum Gasteiger partial charge on any atom is 0.0433 e. The summed E-state index contributed by atoms with van der Waals surface area (Å²) in [5.41, 5.74) is 8.46. The molecule has 0 fully saturated rings. The van der Waals surface area contributed by atoms with Gasteiger partial charge in [-0.15, -0.1) is 0 Å². The molecule has 30 heavy (non-hydrogen) atoms. The van der Waals surface area contributed by atoms with Crippen molar-refractivity contribution in [1.29, 1.82) is 0 Å². The van der Waals surface area contributed by atoms with Gasteiger partial charge in [0.1, 0.15) is 0 Å². The highest BCUT2D eigenvalue weighted by molar-refractivity contribution is 5.68.